The summed E-state index contributed by atoms with van der Waals surface area (Å²) in [5.74, 6) is 0. The van der Waals surface area contributed by atoms with Gasteiger partial charge in [-0.25, -0.2) is 4.98 Å². The first-order valence-corrected chi connectivity index (χ1v) is 7.79. The summed E-state index contributed by atoms with van der Waals surface area (Å²) in [5, 5.41) is 6.67. The van der Waals surface area contributed by atoms with Crippen LogP contribution < -0.4 is 5.32 Å². The smallest absolute Gasteiger partial charge is 0.0945 e. The molecule has 0 amide bonds. The Hall–Kier alpha value is -0.710. The van der Waals surface area contributed by atoms with Crippen LogP contribution in [0.15, 0.2) is 28.1 Å². The van der Waals surface area contributed by atoms with E-state index >= 15 is 0 Å². The minimum atomic E-state index is 1.00. The molecule has 0 aliphatic heterocycles. The zero-order chi connectivity index (χ0) is 13.0. The highest BCUT2D eigenvalue weighted by Gasteiger charge is 2.07. The first kappa shape index (κ1) is 13.7. The van der Waals surface area contributed by atoms with Gasteiger partial charge in [0.15, 0.2) is 0 Å². The normalized spacial score (nSPS) is 10.8. The lowest BCUT2D eigenvalue weighted by atomic mass is 10.1. The molecule has 0 atom stereocenters. The molecule has 96 valence electrons. The second kappa shape index (κ2) is 6.45. The average Bonchev–Trinajstić information content (AvgIpc) is 2.81. The third kappa shape index (κ3) is 3.40. The van der Waals surface area contributed by atoms with Crippen LogP contribution in [0, 0.1) is 6.92 Å². The molecule has 0 saturated carbocycles. The average molecular weight is 325 g/mol. The van der Waals surface area contributed by atoms with Crippen LogP contribution >= 0.6 is 27.3 Å². The molecule has 18 heavy (non-hydrogen) atoms. The van der Waals surface area contributed by atoms with Crippen LogP contribution in [0.5, 0.6) is 0 Å². The molecule has 1 aromatic carbocycles. The molecule has 0 radical (unpaired) electrons. The van der Waals surface area contributed by atoms with Gasteiger partial charge >= 0.3 is 0 Å². The monoisotopic (exact) mass is 324 g/mol. The van der Waals surface area contributed by atoms with Crippen molar-refractivity contribution in [2.45, 2.75) is 20.3 Å². The number of likely N-dealkylation sites (N-methyl/N-ethyl adjacent to an activating group) is 1. The predicted octanol–water partition coefficient (Wildman–Crippen LogP) is 4.03. The van der Waals surface area contributed by atoms with Crippen LogP contribution in [0.25, 0.3) is 11.3 Å². The van der Waals surface area contributed by atoms with Gasteiger partial charge in [-0.1, -0.05) is 28.9 Å². The highest BCUT2D eigenvalue weighted by Crippen LogP contribution is 2.28. The van der Waals surface area contributed by atoms with Crippen LogP contribution in [0.2, 0.25) is 0 Å². The number of nitrogens with one attached hydrogen (secondary N) is 1. The molecule has 0 spiro atoms. The van der Waals surface area contributed by atoms with Gasteiger partial charge in [0.1, 0.15) is 0 Å². The standard InChI is InChI=1S/C14H17BrN2S/c1-3-16-7-6-14-17-13(9-18-14)12-8-11(15)5-4-10(12)2/h4-5,8-9,16H,3,6-7H2,1-2H3. The minimum Gasteiger partial charge on any atom is -0.317 e. The third-order valence-corrected chi connectivity index (χ3v) is 4.19. The number of hydrogen-bond acceptors (Lipinski definition) is 3. The third-order valence-electron chi connectivity index (χ3n) is 2.79. The van der Waals surface area contributed by atoms with Crippen LogP contribution in [0.3, 0.4) is 0 Å². The van der Waals surface area contributed by atoms with Gasteiger partial charge in [-0.3, -0.25) is 0 Å². The SMILES string of the molecule is CCNCCc1nc(-c2cc(Br)ccc2C)cs1. The van der Waals surface area contributed by atoms with Crippen molar-refractivity contribution in [2.75, 3.05) is 13.1 Å². The highest BCUT2D eigenvalue weighted by atomic mass is 79.9. The molecule has 0 saturated heterocycles. The highest BCUT2D eigenvalue weighted by molar-refractivity contribution is 9.10. The summed E-state index contributed by atoms with van der Waals surface area (Å²) in [5.41, 5.74) is 3.57. The topological polar surface area (TPSA) is 24.9 Å². The van der Waals surface area contributed by atoms with Crippen LogP contribution in [0.4, 0.5) is 0 Å². The van der Waals surface area contributed by atoms with Crippen molar-refractivity contribution in [3.8, 4) is 11.3 Å². The van der Waals surface area contributed by atoms with Gasteiger partial charge in [-0.15, -0.1) is 11.3 Å². The van der Waals surface area contributed by atoms with Crippen LogP contribution in [0.1, 0.15) is 17.5 Å². The lowest BCUT2D eigenvalue weighted by molar-refractivity contribution is 0.714. The van der Waals surface area contributed by atoms with Crippen molar-refractivity contribution in [1.82, 2.24) is 10.3 Å². The summed E-state index contributed by atoms with van der Waals surface area (Å²) in [6.45, 7) is 6.27. The summed E-state index contributed by atoms with van der Waals surface area (Å²) in [6.07, 6.45) is 1.01. The van der Waals surface area contributed by atoms with Crippen molar-refractivity contribution in [3.63, 3.8) is 0 Å². The van der Waals surface area contributed by atoms with E-state index in [-0.39, 0.29) is 0 Å². The number of aromatic nitrogens is 1. The zero-order valence-corrected chi connectivity index (χ0v) is 13.1. The Morgan fingerprint density at radius 2 is 2.22 bits per heavy atom. The summed E-state index contributed by atoms with van der Waals surface area (Å²) >= 11 is 5.26. The minimum absolute atomic E-state index is 1.00. The number of rotatable bonds is 5. The van der Waals surface area contributed by atoms with Crippen LogP contribution in [-0.4, -0.2) is 18.1 Å². The van der Waals surface area contributed by atoms with Gasteiger partial charge in [-0.2, -0.15) is 0 Å². The van der Waals surface area contributed by atoms with E-state index in [9.17, 15) is 0 Å². The summed E-state index contributed by atoms with van der Waals surface area (Å²) in [6, 6.07) is 6.33. The van der Waals surface area contributed by atoms with E-state index in [0.29, 0.717) is 0 Å². The van der Waals surface area contributed by atoms with E-state index < -0.39 is 0 Å². The number of nitrogens with zero attached hydrogens (tertiary/aromatic N) is 1. The number of hydrogen-bond donors (Lipinski definition) is 1. The maximum Gasteiger partial charge on any atom is 0.0945 e. The molecule has 0 aliphatic rings. The van der Waals surface area contributed by atoms with E-state index in [4.69, 9.17) is 4.98 Å². The van der Waals surface area contributed by atoms with Gasteiger partial charge in [-0.05, 0) is 31.2 Å². The van der Waals surface area contributed by atoms with E-state index in [1.165, 1.54) is 16.1 Å². The fourth-order valence-electron chi connectivity index (χ4n) is 1.79. The Balaban J connectivity index is 2.16. The van der Waals surface area contributed by atoms with Gasteiger partial charge < -0.3 is 5.32 Å². The molecule has 0 aliphatic carbocycles. The molecular weight excluding hydrogens is 308 g/mol. The molecule has 0 unspecified atom stereocenters. The molecule has 1 N–H and O–H groups in total. The lowest BCUT2D eigenvalue weighted by Crippen LogP contribution is -2.15. The molecule has 2 nitrogen and oxygen atoms in total. The van der Waals surface area contributed by atoms with E-state index in [1.54, 1.807) is 11.3 Å². The zero-order valence-electron chi connectivity index (χ0n) is 10.7. The fraction of sp³-hybridized carbons (Fsp3) is 0.357. The lowest BCUT2D eigenvalue weighted by Gasteiger charge is -2.03. The molecule has 0 fully saturated rings. The van der Waals surface area contributed by atoms with Gasteiger partial charge in [0, 0.05) is 28.4 Å². The van der Waals surface area contributed by atoms with Crippen molar-refractivity contribution < 1.29 is 0 Å². The number of thiazole rings is 1. The maximum absolute atomic E-state index is 4.71. The Morgan fingerprint density at radius 3 is 3.00 bits per heavy atom. The number of aryl methyl sites for hydroxylation is 1. The number of halogens is 1. The van der Waals surface area contributed by atoms with Gasteiger partial charge in [0.2, 0.25) is 0 Å². The Kier molecular flexibility index (Phi) is 4.92. The van der Waals surface area contributed by atoms with Crippen molar-refractivity contribution >= 4 is 27.3 Å². The first-order valence-electron chi connectivity index (χ1n) is 6.12. The van der Waals surface area contributed by atoms with E-state index in [1.807, 2.05) is 0 Å². The summed E-state index contributed by atoms with van der Waals surface area (Å²) in [7, 11) is 0. The van der Waals surface area contributed by atoms with Gasteiger partial charge in [0.25, 0.3) is 0 Å². The molecule has 2 rings (SSSR count). The second-order valence-electron chi connectivity index (χ2n) is 4.19. The van der Waals surface area contributed by atoms with Crippen molar-refractivity contribution in [2.24, 2.45) is 0 Å². The summed E-state index contributed by atoms with van der Waals surface area (Å²) < 4.78 is 1.10. The Bertz CT molecular complexity index is 522. The van der Waals surface area contributed by atoms with E-state index in [2.05, 4.69) is 58.7 Å². The van der Waals surface area contributed by atoms with Crippen molar-refractivity contribution in [3.05, 3.63) is 38.6 Å². The molecule has 0 bridgehead atoms. The molecule has 1 aromatic heterocycles. The second-order valence-corrected chi connectivity index (χ2v) is 6.05. The van der Waals surface area contributed by atoms with Crippen molar-refractivity contribution in [1.29, 1.82) is 0 Å². The largest absolute Gasteiger partial charge is 0.317 e. The number of benzene rings is 1. The van der Waals surface area contributed by atoms with Gasteiger partial charge in [0.05, 0.1) is 10.7 Å². The Labute approximate surface area is 121 Å². The molecule has 1 heterocycles. The molecule has 4 heteroatoms. The summed E-state index contributed by atoms with van der Waals surface area (Å²) in [4.78, 5) is 4.71. The first-order chi connectivity index (χ1) is 8.70. The molecule has 2 aromatic rings. The maximum atomic E-state index is 4.71. The fourth-order valence-corrected chi connectivity index (χ4v) is 2.95. The van der Waals surface area contributed by atoms with Crippen LogP contribution in [-0.2, 0) is 6.42 Å². The predicted molar refractivity (Wildman–Crippen MR) is 82.2 cm³/mol. The molecular formula is C14H17BrN2S. The quantitative estimate of drug-likeness (QED) is 0.840. The Morgan fingerprint density at radius 1 is 1.39 bits per heavy atom. The van der Waals surface area contributed by atoms with E-state index in [0.717, 1.165) is 29.7 Å².